The number of nitrogens with one attached hydrogen (secondary N) is 1. The maximum absolute atomic E-state index is 8.13. The lowest BCUT2D eigenvalue weighted by Crippen LogP contribution is -2.00. The summed E-state index contributed by atoms with van der Waals surface area (Å²) in [6, 6.07) is 20.2. The highest BCUT2D eigenvalue weighted by Gasteiger charge is 2.02. The molecule has 0 bridgehead atoms. The third-order valence-electron chi connectivity index (χ3n) is 2.94. The smallest absolute Gasteiger partial charge is 0.0638 e. The lowest BCUT2D eigenvalue weighted by atomic mass is 10.0. The number of rotatable bonds is 4. The summed E-state index contributed by atoms with van der Waals surface area (Å²) < 4.78 is 0. The van der Waals surface area contributed by atoms with Gasteiger partial charge in [0.15, 0.2) is 0 Å². The average molecular weight is 265 g/mol. The van der Waals surface area contributed by atoms with E-state index >= 15 is 0 Å². The highest BCUT2D eigenvalue weighted by molar-refractivity contribution is 6.10. The van der Waals surface area contributed by atoms with Crippen molar-refractivity contribution in [2.75, 3.05) is 0 Å². The van der Waals surface area contributed by atoms with Gasteiger partial charge in [0.25, 0.3) is 0 Å². The Morgan fingerprint density at radius 2 is 1.40 bits per heavy atom. The Labute approximate surface area is 122 Å². The Kier molecular flexibility index (Phi) is 7.05. The van der Waals surface area contributed by atoms with Crippen LogP contribution in [0.4, 0.5) is 0 Å². The predicted molar refractivity (Wildman–Crippen MR) is 88.5 cm³/mol. The van der Waals surface area contributed by atoms with Crippen LogP contribution in [0, 0.1) is 5.41 Å². The Balaban J connectivity index is 0.000000956. The minimum Gasteiger partial charge on any atom is -0.300 e. The van der Waals surface area contributed by atoms with E-state index in [-0.39, 0.29) is 0 Å². The SMILES string of the molecule is C/C(=C/Cc1ccccc1)C(=N)c1ccccc1.CC. The molecule has 0 fully saturated rings. The van der Waals surface area contributed by atoms with E-state index in [1.807, 2.05) is 69.3 Å². The van der Waals surface area contributed by atoms with E-state index in [1.165, 1.54) is 5.56 Å². The third-order valence-corrected chi connectivity index (χ3v) is 2.94. The molecular formula is C19H23N. The predicted octanol–water partition coefficient (Wildman–Crippen LogP) is 5.27. The Morgan fingerprint density at radius 1 is 0.900 bits per heavy atom. The quantitative estimate of drug-likeness (QED) is 0.728. The summed E-state index contributed by atoms with van der Waals surface area (Å²) in [5.41, 5.74) is 3.87. The maximum Gasteiger partial charge on any atom is 0.0638 e. The van der Waals surface area contributed by atoms with Gasteiger partial charge in [-0.25, -0.2) is 0 Å². The van der Waals surface area contributed by atoms with E-state index in [0.717, 1.165) is 17.6 Å². The molecule has 1 N–H and O–H groups in total. The molecule has 0 atom stereocenters. The van der Waals surface area contributed by atoms with Gasteiger partial charge >= 0.3 is 0 Å². The Morgan fingerprint density at radius 3 is 1.95 bits per heavy atom. The number of allylic oxidation sites excluding steroid dienone is 2. The molecule has 0 amide bonds. The minimum atomic E-state index is 0.603. The van der Waals surface area contributed by atoms with Crippen LogP contribution in [0.25, 0.3) is 0 Å². The number of hydrogen-bond donors (Lipinski definition) is 1. The molecular weight excluding hydrogens is 242 g/mol. The summed E-state index contributed by atoms with van der Waals surface area (Å²) in [7, 11) is 0. The van der Waals surface area contributed by atoms with E-state index in [9.17, 15) is 0 Å². The van der Waals surface area contributed by atoms with E-state index in [2.05, 4.69) is 18.2 Å². The minimum absolute atomic E-state index is 0.603. The molecule has 0 aliphatic heterocycles. The average Bonchev–Trinajstić information content (AvgIpc) is 2.55. The molecule has 2 rings (SSSR count). The van der Waals surface area contributed by atoms with Crippen molar-refractivity contribution in [1.29, 1.82) is 5.41 Å². The molecule has 0 saturated heterocycles. The van der Waals surface area contributed by atoms with E-state index < -0.39 is 0 Å². The van der Waals surface area contributed by atoms with Gasteiger partial charge in [-0.05, 0) is 30.0 Å². The van der Waals surface area contributed by atoms with Gasteiger partial charge in [0.05, 0.1) is 5.71 Å². The summed E-state index contributed by atoms with van der Waals surface area (Å²) >= 11 is 0. The van der Waals surface area contributed by atoms with Crippen LogP contribution in [0.15, 0.2) is 72.3 Å². The molecule has 0 spiro atoms. The van der Waals surface area contributed by atoms with Gasteiger partial charge in [-0.15, -0.1) is 0 Å². The Bertz CT molecular complexity index is 538. The molecule has 104 valence electrons. The van der Waals surface area contributed by atoms with Crippen molar-refractivity contribution in [3.05, 3.63) is 83.4 Å². The fraction of sp³-hybridized carbons (Fsp3) is 0.211. The van der Waals surface area contributed by atoms with Gasteiger partial charge in [0, 0.05) is 0 Å². The van der Waals surface area contributed by atoms with Crippen molar-refractivity contribution in [3.63, 3.8) is 0 Å². The van der Waals surface area contributed by atoms with Crippen molar-refractivity contribution in [3.8, 4) is 0 Å². The van der Waals surface area contributed by atoms with E-state index in [1.54, 1.807) is 0 Å². The first-order chi connectivity index (χ1) is 9.77. The molecule has 0 aromatic heterocycles. The molecule has 0 aliphatic carbocycles. The number of benzene rings is 2. The van der Waals surface area contributed by atoms with Gasteiger partial charge < -0.3 is 5.41 Å². The zero-order chi connectivity index (χ0) is 14.8. The van der Waals surface area contributed by atoms with Crippen molar-refractivity contribution >= 4 is 5.71 Å². The van der Waals surface area contributed by atoms with Crippen LogP contribution in [0.1, 0.15) is 31.9 Å². The lowest BCUT2D eigenvalue weighted by Gasteiger charge is -2.04. The summed E-state index contributed by atoms with van der Waals surface area (Å²) in [6.07, 6.45) is 2.99. The standard InChI is InChI=1S/C17H17N.C2H6/c1-14(12-13-15-8-4-2-5-9-15)17(18)16-10-6-3-7-11-16;1-2/h2-12,18H,13H2,1H3;1-2H3/b14-12-,18-17?;. The van der Waals surface area contributed by atoms with Crippen LogP contribution in [0.3, 0.4) is 0 Å². The molecule has 1 nitrogen and oxygen atoms in total. The van der Waals surface area contributed by atoms with Gasteiger partial charge in [0.2, 0.25) is 0 Å². The molecule has 0 saturated carbocycles. The van der Waals surface area contributed by atoms with E-state index in [4.69, 9.17) is 5.41 Å². The van der Waals surface area contributed by atoms with Gasteiger partial charge in [0.1, 0.15) is 0 Å². The molecule has 1 heteroatoms. The van der Waals surface area contributed by atoms with Gasteiger partial charge in [-0.3, -0.25) is 0 Å². The van der Waals surface area contributed by atoms with Crippen LogP contribution < -0.4 is 0 Å². The van der Waals surface area contributed by atoms with Gasteiger partial charge in [-0.1, -0.05) is 80.6 Å². The molecule has 0 aliphatic rings. The monoisotopic (exact) mass is 265 g/mol. The first kappa shape index (κ1) is 15.9. The van der Waals surface area contributed by atoms with Gasteiger partial charge in [-0.2, -0.15) is 0 Å². The van der Waals surface area contributed by atoms with Crippen LogP contribution in [-0.2, 0) is 6.42 Å². The second kappa shape index (κ2) is 8.87. The number of hydrogen-bond acceptors (Lipinski definition) is 1. The summed E-state index contributed by atoms with van der Waals surface area (Å²) in [6.45, 7) is 6.00. The van der Waals surface area contributed by atoms with Crippen molar-refractivity contribution in [2.45, 2.75) is 27.2 Å². The van der Waals surface area contributed by atoms with Crippen LogP contribution in [0.5, 0.6) is 0 Å². The largest absolute Gasteiger partial charge is 0.300 e. The summed E-state index contributed by atoms with van der Waals surface area (Å²) in [5, 5.41) is 8.13. The molecule has 0 radical (unpaired) electrons. The first-order valence-corrected chi connectivity index (χ1v) is 7.12. The lowest BCUT2D eigenvalue weighted by molar-refractivity contribution is 1.24. The van der Waals surface area contributed by atoms with Crippen LogP contribution >= 0.6 is 0 Å². The molecule has 0 unspecified atom stereocenters. The molecule has 0 heterocycles. The zero-order valence-electron chi connectivity index (χ0n) is 12.6. The van der Waals surface area contributed by atoms with Crippen molar-refractivity contribution in [1.82, 2.24) is 0 Å². The summed E-state index contributed by atoms with van der Waals surface area (Å²) in [4.78, 5) is 0. The third kappa shape index (κ3) is 4.85. The fourth-order valence-electron chi connectivity index (χ4n) is 1.82. The topological polar surface area (TPSA) is 23.9 Å². The fourth-order valence-corrected chi connectivity index (χ4v) is 1.82. The van der Waals surface area contributed by atoms with Crippen molar-refractivity contribution < 1.29 is 0 Å². The van der Waals surface area contributed by atoms with Crippen LogP contribution in [0.2, 0.25) is 0 Å². The highest BCUT2D eigenvalue weighted by atomic mass is 14.4. The molecule has 2 aromatic carbocycles. The zero-order valence-corrected chi connectivity index (χ0v) is 12.6. The van der Waals surface area contributed by atoms with E-state index in [0.29, 0.717) is 5.71 Å². The molecule has 20 heavy (non-hydrogen) atoms. The molecule has 2 aromatic rings. The second-order valence-corrected chi connectivity index (χ2v) is 4.32. The normalized spacial score (nSPS) is 10.4. The highest BCUT2D eigenvalue weighted by Crippen LogP contribution is 2.09. The van der Waals surface area contributed by atoms with Crippen LogP contribution in [-0.4, -0.2) is 5.71 Å². The first-order valence-electron chi connectivity index (χ1n) is 7.12. The Hall–Kier alpha value is -2.15. The van der Waals surface area contributed by atoms with Crippen molar-refractivity contribution in [2.24, 2.45) is 0 Å². The second-order valence-electron chi connectivity index (χ2n) is 4.32. The summed E-state index contributed by atoms with van der Waals surface area (Å²) in [5.74, 6) is 0. The maximum atomic E-state index is 8.13.